The molecule has 2 aromatic rings. The van der Waals surface area contributed by atoms with E-state index in [4.69, 9.17) is 0 Å². The number of aryl methyl sites for hydroxylation is 3. The van der Waals surface area contributed by atoms with Crippen molar-refractivity contribution in [2.24, 2.45) is 0 Å². The molecule has 6 nitrogen and oxygen atoms in total. The zero-order chi connectivity index (χ0) is 15.4. The Balaban J connectivity index is 1.76. The molecule has 2 aromatic heterocycles. The zero-order valence-electron chi connectivity index (χ0n) is 12.5. The average molecular weight is 354 g/mol. The van der Waals surface area contributed by atoms with Crippen LogP contribution < -0.4 is 5.32 Å². The molecule has 0 aliphatic heterocycles. The summed E-state index contributed by atoms with van der Waals surface area (Å²) in [5, 5.41) is 11.4. The van der Waals surface area contributed by atoms with Crippen molar-refractivity contribution in [3.63, 3.8) is 0 Å². The Morgan fingerprint density at radius 3 is 2.76 bits per heavy atom. The number of nitrogens with zero attached hydrogens (tertiary/aromatic N) is 4. The molecule has 1 amide bonds. The predicted octanol–water partition coefficient (Wildman–Crippen LogP) is 2.23. The lowest BCUT2D eigenvalue weighted by Gasteiger charge is -2.12. The lowest BCUT2D eigenvalue weighted by atomic mass is 10.3. The molecular formula is C14H20BrN5O. The van der Waals surface area contributed by atoms with Gasteiger partial charge in [0.25, 0.3) is 0 Å². The Bertz CT molecular complexity index is 599. The van der Waals surface area contributed by atoms with E-state index < -0.39 is 0 Å². The second kappa shape index (κ2) is 6.89. The van der Waals surface area contributed by atoms with E-state index in [0.29, 0.717) is 6.54 Å². The molecule has 0 spiro atoms. The lowest BCUT2D eigenvalue weighted by molar-refractivity contribution is -0.124. The number of nitrogens with one attached hydrogen (secondary N) is 1. The first-order valence-electron chi connectivity index (χ1n) is 6.95. The summed E-state index contributed by atoms with van der Waals surface area (Å²) in [5.41, 5.74) is 2.02. The highest BCUT2D eigenvalue weighted by molar-refractivity contribution is 9.10. The molecule has 2 heterocycles. The summed E-state index contributed by atoms with van der Waals surface area (Å²) in [5.74, 6) is -0.0263. The third kappa shape index (κ3) is 4.17. The molecule has 1 unspecified atom stereocenters. The van der Waals surface area contributed by atoms with Crippen molar-refractivity contribution in [3.05, 3.63) is 34.3 Å². The van der Waals surface area contributed by atoms with E-state index >= 15 is 0 Å². The fraction of sp³-hybridized carbons (Fsp3) is 0.500. The number of rotatable bonds is 6. The zero-order valence-corrected chi connectivity index (χ0v) is 14.1. The predicted molar refractivity (Wildman–Crippen MR) is 84.0 cm³/mol. The molecule has 2 rings (SSSR count). The third-order valence-corrected chi connectivity index (χ3v) is 4.04. The number of carbonyl (C=O) groups is 1. The normalized spacial score (nSPS) is 12.4. The minimum atomic E-state index is -0.318. The summed E-state index contributed by atoms with van der Waals surface area (Å²) in [7, 11) is 0. The molecule has 0 aliphatic rings. The van der Waals surface area contributed by atoms with Crippen LogP contribution in [0, 0.1) is 13.8 Å². The quantitative estimate of drug-likeness (QED) is 0.809. The van der Waals surface area contributed by atoms with Gasteiger partial charge in [-0.3, -0.25) is 14.2 Å². The summed E-state index contributed by atoms with van der Waals surface area (Å²) in [4.78, 5) is 12.1. The maximum Gasteiger partial charge on any atom is 0.244 e. The van der Waals surface area contributed by atoms with Crippen molar-refractivity contribution < 1.29 is 4.79 Å². The Labute approximate surface area is 132 Å². The summed E-state index contributed by atoms with van der Waals surface area (Å²) in [6.45, 7) is 7.18. The van der Waals surface area contributed by atoms with Gasteiger partial charge in [-0.2, -0.15) is 10.2 Å². The van der Waals surface area contributed by atoms with Crippen molar-refractivity contribution in [1.29, 1.82) is 0 Å². The van der Waals surface area contributed by atoms with Crippen molar-refractivity contribution in [2.75, 3.05) is 6.54 Å². The van der Waals surface area contributed by atoms with Gasteiger partial charge in [-0.15, -0.1) is 0 Å². The van der Waals surface area contributed by atoms with Crippen molar-refractivity contribution in [1.82, 2.24) is 24.9 Å². The number of aromatic nitrogens is 4. The van der Waals surface area contributed by atoms with Gasteiger partial charge in [0.15, 0.2) is 0 Å². The van der Waals surface area contributed by atoms with Crippen LogP contribution in [-0.4, -0.2) is 32.0 Å². The number of hydrogen-bond acceptors (Lipinski definition) is 3. The summed E-state index contributed by atoms with van der Waals surface area (Å²) < 4.78 is 4.47. The molecule has 0 bridgehead atoms. The Morgan fingerprint density at radius 2 is 2.19 bits per heavy atom. The Kier molecular flexibility index (Phi) is 5.17. The Hall–Kier alpha value is -1.63. The smallest absolute Gasteiger partial charge is 0.244 e. The van der Waals surface area contributed by atoms with Crippen LogP contribution in [0.1, 0.15) is 30.6 Å². The van der Waals surface area contributed by atoms with Gasteiger partial charge in [-0.1, -0.05) is 0 Å². The van der Waals surface area contributed by atoms with Gasteiger partial charge < -0.3 is 5.32 Å². The van der Waals surface area contributed by atoms with E-state index in [-0.39, 0.29) is 11.9 Å². The molecular weight excluding hydrogens is 334 g/mol. The van der Waals surface area contributed by atoms with Crippen molar-refractivity contribution in [2.45, 2.75) is 39.8 Å². The van der Waals surface area contributed by atoms with E-state index in [2.05, 4.69) is 31.4 Å². The van der Waals surface area contributed by atoms with Gasteiger partial charge in [-0.25, -0.2) is 0 Å². The monoisotopic (exact) mass is 353 g/mol. The highest BCUT2D eigenvalue weighted by Gasteiger charge is 2.16. The second-order valence-electron chi connectivity index (χ2n) is 5.14. The first-order valence-corrected chi connectivity index (χ1v) is 7.74. The maximum absolute atomic E-state index is 12.1. The minimum Gasteiger partial charge on any atom is -0.354 e. The van der Waals surface area contributed by atoms with Crippen LogP contribution in [0.2, 0.25) is 0 Å². The van der Waals surface area contributed by atoms with E-state index in [1.165, 1.54) is 0 Å². The van der Waals surface area contributed by atoms with Gasteiger partial charge in [0, 0.05) is 25.5 Å². The van der Waals surface area contributed by atoms with Crippen LogP contribution in [0.5, 0.6) is 0 Å². The standard InChI is InChI=1S/C14H20BrN5O/c1-10-7-17-19(8-10)6-4-5-16-14(21)12(3)20-9-13(15)11(2)18-20/h7-9,12H,4-6H2,1-3H3,(H,16,21). The van der Waals surface area contributed by atoms with Gasteiger partial charge in [0.2, 0.25) is 5.91 Å². The van der Waals surface area contributed by atoms with Crippen LogP contribution in [0.25, 0.3) is 0 Å². The molecule has 1 N–H and O–H groups in total. The molecule has 114 valence electrons. The van der Waals surface area contributed by atoms with Gasteiger partial charge in [-0.05, 0) is 48.7 Å². The first-order chi connectivity index (χ1) is 9.97. The van der Waals surface area contributed by atoms with Crippen LogP contribution >= 0.6 is 15.9 Å². The molecule has 21 heavy (non-hydrogen) atoms. The van der Waals surface area contributed by atoms with Gasteiger partial charge in [0.05, 0.1) is 16.4 Å². The van der Waals surface area contributed by atoms with Crippen molar-refractivity contribution in [3.8, 4) is 0 Å². The summed E-state index contributed by atoms with van der Waals surface area (Å²) in [6, 6.07) is -0.318. The summed E-state index contributed by atoms with van der Waals surface area (Å²) in [6.07, 6.45) is 6.50. The van der Waals surface area contributed by atoms with E-state index in [1.807, 2.05) is 44.0 Å². The minimum absolute atomic E-state index is 0.0263. The van der Waals surface area contributed by atoms with Crippen LogP contribution in [0.4, 0.5) is 0 Å². The molecule has 0 fully saturated rings. The van der Waals surface area contributed by atoms with E-state index in [1.54, 1.807) is 4.68 Å². The second-order valence-corrected chi connectivity index (χ2v) is 6.00. The lowest BCUT2D eigenvalue weighted by Crippen LogP contribution is -2.32. The molecule has 0 aliphatic carbocycles. The van der Waals surface area contributed by atoms with Crippen molar-refractivity contribution >= 4 is 21.8 Å². The largest absolute Gasteiger partial charge is 0.354 e. The fourth-order valence-corrected chi connectivity index (χ4v) is 2.26. The van der Waals surface area contributed by atoms with E-state index in [9.17, 15) is 4.79 Å². The van der Waals surface area contributed by atoms with Crippen LogP contribution in [-0.2, 0) is 11.3 Å². The van der Waals surface area contributed by atoms with Crippen LogP contribution in [0.3, 0.4) is 0 Å². The first kappa shape index (κ1) is 15.8. The molecule has 1 atom stereocenters. The van der Waals surface area contributed by atoms with E-state index in [0.717, 1.165) is 28.7 Å². The van der Waals surface area contributed by atoms with Gasteiger partial charge in [0.1, 0.15) is 6.04 Å². The Morgan fingerprint density at radius 1 is 1.43 bits per heavy atom. The molecule has 7 heteroatoms. The SMILES string of the molecule is Cc1cnn(CCCNC(=O)C(C)n2cc(Br)c(C)n2)c1. The average Bonchev–Trinajstić information content (AvgIpc) is 3.00. The molecule has 0 radical (unpaired) electrons. The van der Waals surface area contributed by atoms with Gasteiger partial charge >= 0.3 is 0 Å². The molecule has 0 saturated heterocycles. The molecule has 0 aromatic carbocycles. The fourth-order valence-electron chi connectivity index (χ4n) is 1.97. The number of amides is 1. The maximum atomic E-state index is 12.1. The highest BCUT2D eigenvalue weighted by atomic mass is 79.9. The highest BCUT2D eigenvalue weighted by Crippen LogP contribution is 2.16. The summed E-state index contributed by atoms with van der Waals surface area (Å²) >= 11 is 3.40. The number of hydrogen-bond donors (Lipinski definition) is 1. The molecule has 0 saturated carbocycles. The van der Waals surface area contributed by atoms with Crippen LogP contribution in [0.15, 0.2) is 23.1 Å². The number of carbonyl (C=O) groups excluding carboxylic acids is 1. The third-order valence-electron chi connectivity index (χ3n) is 3.26. The number of halogens is 1. The topological polar surface area (TPSA) is 64.7 Å².